The van der Waals surface area contributed by atoms with Crippen molar-refractivity contribution in [3.05, 3.63) is 71.9 Å². The second-order valence-corrected chi connectivity index (χ2v) is 9.56. The molecule has 0 aliphatic carbocycles. The van der Waals surface area contributed by atoms with Crippen molar-refractivity contribution in [1.29, 1.82) is 0 Å². The highest BCUT2D eigenvalue weighted by Gasteiger charge is 2.34. The highest BCUT2D eigenvalue weighted by atomic mass is 19.4. The standard InChI is InChI=1S/C28H34F3N7O4/c29-28(30,31)19-7-5-17(6-8-19)25(40)24(27(42)36-20-15-18-3-1-2-4-22(18)35-16-20)37-26(41)21(34)9-10-23(39)38(13-11-32)14-12-33/h1-8,15-16,21,24-25,40H,9-14,32-34H2,(H,36,42)(H,37,41). The summed E-state index contributed by atoms with van der Waals surface area (Å²) in [6.07, 6.45) is -5.16. The third-order valence-electron chi connectivity index (χ3n) is 6.49. The minimum atomic E-state index is -4.61. The Labute approximate surface area is 240 Å². The van der Waals surface area contributed by atoms with Crippen molar-refractivity contribution in [2.45, 2.75) is 37.2 Å². The molecule has 0 radical (unpaired) electrons. The van der Waals surface area contributed by atoms with Crippen LogP contribution in [0.3, 0.4) is 0 Å². The Morgan fingerprint density at radius 3 is 2.24 bits per heavy atom. The fourth-order valence-corrected chi connectivity index (χ4v) is 4.21. The molecule has 42 heavy (non-hydrogen) atoms. The van der Waals surface area contributed by atoms with Crippen molar-refractivity contribution in [3.63, 3.8) is 0 Å². The van der Waals surface area contributed by atoms with Crippen molar-refractivity contribution < 1.29 is 32.7 Å². The summed E-state index contributed by atoms with van der Waals surface area (Å²) in [6, 6.07) is 9.40. The molecule has 3 amide bonds. The lowest BCUT2D eigenvalue weighted by molar-refractivity contribution is -0.137. The number of hydrogen-bond donors (Lipinski definition) is 6. The van der Waals surface area contributed by atoms with E-state index in [1.807, 2.05) is 0 Å². The van der Waals surface area contributed by atoms with Gasteiger partial charge in [-0.05, 0) is 36.2 Å². The minimum Gasteiger partial charge on any atom is -0.386 e. The van der Waals surface area contributed by atoms with E-state index in [4.69, 9.17) is 17.2 Å². The first-order valence-corrected chi connectivity index (χ1v) is 13.2. The van der Waals surface area contributed by atoms with Crippen LogP contribution in [0.25, 0.3) is 10.9 Å². The number of nitrogens with two attached hydrogens (primary N) is 3. The summed E-state index contributed by atoms with van der Waals surface area (Å²) >= 11 is 0. The number of carbonyl (C=O) groups excluding carboxylic acids is 3. The maximum absolute atomic E-state index is 13.3. The van der Waals surface area contributed by atoms with Crippen LogP contribution in [0.1, 0.15) is 30.1 Å². The Morgan fingerprint density at radius 2 is 1.62 bits per heavy atom. The van der Waals surface area contributed by atoms with Gasteiger partial charge >= 0.3 is 6.18 Å². The number of nitrogens with one attached hydrogen (secondary N) is 2. The summed E-state index contributed by atoms with van der Waals surface area (Å²) < 4.78 is 39.1. The lowest BCUT2D eigenvalue weighted by Gasteiger charge is -2.26. The molecule has 3 unspecified atom stereocenters. The highest BCUT2D eigenvalue weighted by molar-refractivity contribution is 5.99. The highest BCUT2D eigenvalue weighted by Crippen LogP contribution is 2.30. The van der Waals surface area contributed by atoms with Gasteiger partial charge in [0.05, 0.1) is 29.0 Å². The second-order valence-electron chi connectivity index (χ2n) is 9.56. The van der Waals surface area contributed by atoms with E-state index in [1.165, 1.54) is 11.1 Å². The van der Waals surface area contributed by atoms with Gasteiger partial charge < -0.3 is 37.8 Å². The second kappa shape index (κ2) is 14.7. The number of amides is 3. The normalized spacial score (nSPS) is 13.7. The van der Waals surface area contributed by atoms with Crippen LogP contribution in [-0.2, 0) is 20.6 Å². The Morgan fingerprint density at radius 1 is 0.976 bits per heavy atom. The molecule has 11 nitrogen and oxygen atoms in total. The smallest absolute Gasteiger partial charge is 0.386 e. The van der Waals surface area contributed by atoms with E-state index in [9.17, 15) is 32.7 Å². The number of para-hydroxylation sites is 1. The number of aromatic nitrogens is 1. The first kappa shape index (κ1) is 32.4. The number of nitrogens with zero attached hydrogens (tertiary/aromatic N) is 2. The lowest BCUT2D eigenvalue weighted by atomic mass is 9.99. The summed E-state index contributed by atoms with van der Waals surface area (Å²) in [5.41, 5.74) is 17.0. The van der Waals surface area contributed by atoms with E-state index in [0.29, 0.717) is 10.9 Å². The molecule has 0 aliphatic rings. The number of fused-ring (bicyclic) bond motifs is 1. The monoisotopic (exact) mass is 589 g/mol. The van der Waals surface area contributed by atoms with Gasteiger partial charge in [0, 0.05) is 38.0 Å². The van der Waals surface area contributed by atoms with Gasteiger partial charge in [0.1, 0.15) is 12.1 Å². The Bertz CT molecular complexity index is 1370. The first-order valence-electron chi connectivity index (χ1n) is 13.2. The molecule has 0 saturated heterocycles. The molecule has 0 bridgehead atoms. The molecule has 3 rings (SSSR count). The molecule has 3 atom stereocenters. The maximum atomic E-state index is 13.3. The predicted octanol–water partition coefficient (Wildman–Crippen LogP) is 1.26. The van der Waals surface area contributed by atoms with E-state index in [2.05, 4.69) is 15.6 Å². The summed E-state index contributed by atoms with van der Waals surface area (Å²) in [7, 11) is 0. The van der Waals surface area contributed by atoms with Crippen molar-refractivity contribution in [3.8, 4) is 0 Å². The van der Waals surface area contributed by atoms with Gasteiger partial charge in [-0.2, -0.15) is 13.2 Å². The number of carbonyl (C=O) groups is 3. The van der Waals surface area contributed by atoms with Gasteiger partial charge in [-0.1, -0.05) is 30.3 Å². The summed E-state index contributed by atoms with van der Waals surface area (Å²) in [5.74, 6) is -2.03. The van der Waals surface area contributed by atoms with Gasteiger partial charge in [-0.15, -0.1) is 0 Å². The van der Waals surface area contributed by atoms with Gasteiger partial charge in [0.25, 0.3) is 0 Å². The van der Waals surface area contributed by atoms with Crippen molar-refractivity contribution in [2.75, 3.05) is 31.5 Å². The Balaban J connectivity index is 1.79. The average molecular weight is 590 g/mol. The van der Waals surface area contributed by atoms with Crippen LogP contribution >= 0.6 is 0 Å². The molecule has 0 fully saturated rings. The van der Waals surface area contributed by atoms with Crippen LogP contribution in [0.5, 0.6) is 0 Å². The molecular formula is C28H34F3N7O4. The summed E-state index contributed by atoms with van der Waals surface area (Å²) in [6.45, 7) is 1.01. The zero-order valence-corrected chi connectivity index (χ0v) is 22.7. The number of alkyl halides is 3. The van der Waals surface area contributed by atoms with Crippen LogP contribution in [0.4, 0.5) is 18.9 Å². The van der Waals surface area contributed by atoms with Crippen LogP contribution < -0.4 is 27.8 Å². The molecule has 14 heteroatoms. The number of pyridine rings is 1. The van der Waals surface area contributed by atoms with Gasteiger partial charge in [0.2, 0.25) is 17.7 Å². The number of hydrogen-bond acceptors (Lipinski definition) is 8. The van der Waals surface area contributed by atoms with Gasteiger partial charge in [-0.25, -0.2) is 0 Å². The zero-order valence-electron chi connectivity index (χ0n) is 22.7. The Kier molecular flexibility index (Phi) is 11.3. The van der Waals surface area contributed by atoms with Crippen LogP contribution in [0.15, 0.2) is 60.8 Å². The number of anilines is 1. The summed E-state index contributed by atoms with van der Waals surface area (Å²) in [5, 5.41) is 16.7. The average Bonchev–Trinajstić information content (AvgIpc) is 2.97. The van der Waals surface area contributed by atoms with Crippen molar-refractivity contribution >= 4 is 34.3 Å². The third-order valence-corrected chi connectivity index (χ3v) is 6.49. The molecular weight excluding hydrogens is 555 g/mol. The SMILES string of the molecule is NCCN(CCN)C(=O)CCC(N)C(=O)NC(C(=O)Nc1cnc2ccccc2c1)C(O)c1ccc(C(F)(F)F)cc1. The fraction of sp³-hybridized carbons (Fsp3) is 0.357. The number of benzene rings is 2. The molecule has 2 aromatic carbocycles. The van der Waals surface area contributed by atoms with E-state index in [-0.39, 0.29) is 56.2 Å². The summed E-state index contributed by atoms with van der Waals surface area (Å²) in [4.78, 5) is 44.5. The fourth-order valence-electron chi connectivity index (χ4n) is 4.21. The molecule has 226 valence electrons. The molecule has 1 heterocycles. The zero-order chi connectivity index (χ0) is 30.9. The van der Waals surface area contributed by atoms with E-state index in [0.717, 1.165) is 24.3 Å². The Hall–Kier alpha value is -4.11. The van der Waals surface area contributed by atoms with Crippen molar-refractivity contribution in [2.24, 2.45) is 17.2 Å². The maximum Gasteiger partial charge on any atom is 0.416 e. The third kappa shape index (κ3) is 8.69. The first-order chi connectivity index (χ1) is 19.9. The van der Waals surface area contributed by atoms with Crippen LogP contribution in [0, 0.1) is 0 Å². The minimum absolute atomic E-state index is 0.0527. The number of aliphatic hydroxyl groups excluding tert-OH is 1. The molecule has 9 N–H and O–H groups in total. The number of halogens is 3. The lowest BCUT2D eigenvalue weighted by Crippen LogP contribution is -2.52. The predicted molar refractivity (Wildman–Crippen MR) is 151 cm³/mol. The molecule has 3 aromatic rings. The topological polar surface area (TPSA) is 190 Å². The van der Waals surface area contributed by atoms with Crippen molar-refractivity contribution in [1.82, 2.24) is 15.2 Å². The molecule has 0 spiro atoms. The quantitative estimate of drug-likeness (QED) is 0.172. The van der Waals surface area contributed by atoms with E-state index >= 15 is 0 Å². The number of aliphatic hydroxyl groups is 1. The van der Waals surface area contributed by atoms with Crippen LogP contribution in [0.2, 0.25) is 0 Å². The van der Waals surface area contributed by atoms with E-state index in [1.54, 1.807) is 30.3 Å². The molecule has 0 aliphatic heterocycles. The number of rotatable bonds is 13. The molecule has 1 aromatic heterocycles. The van der Waals surface area contributed by atoms with Crippen LogP contribution in [-0.4, -0.2) is 71.0 Å². The van der Waals surface area contributed by atoms with Gasteiger partial charge in [0.15, 0.2) is 0 Å². The van der Waals surface area contributed by atoms with Gasteiger partial charge in [-0.3, -0.25) is 19.4 Å². The van der Waals surface area contributed by atoms with E-state index < -0.39 is 41.7 Å². The molecule has 0 saturated carbocycles. The largest absolute Gasteiger partial charge is 0.416 e.